The Hall–Kier alpha value is -1.86. The lowest BCUT2D eigenvalue weighted by Gasteiger charge is -2.66. The van der Waals surface area contributed by atoms with Gasteiger partial charge < -0.3 is 35.2 Å². The summed E-state index contributed by atoms with van der Waals surface area (Å²) in [6, 6.07) is 5.58. The fraction of sp³-hybridized carbons (Fsp3) is 0.750. The summed E-state index contributed by atoms with van der Waals surface area (Å²) in [7, 11) is 3.42. The molecule has 11 aliphatic rings. The summed E-state index contributed by atoms with van der Waals surface area (Å²) in [4.78, 5) is 31.9. The van der Waals surface area contributed by atoms with Crippen molar-refractivity contribution in [3.05, 3.63) is 47.6 Å². The monoisotopic (exact) mass is 847 g/mol. The fourth-order valence-electron chi connectivity index (χ4n) is 15.2. The number of phenolic OH excluding ortho intramolecular Hbond substituents is 1. The molecular formula is C48H65NO8S2. The number of hydrogen-bond acceptors (Lipinski definition) is 10. The number of phenols is 1. The SMILES string of the molecule is CC(C)[C@@H](C)[C@H]1O[C@H]1[C@]1(O)CC=C[C@H]2C[C@@H]3C4=CC(=O)[C@@]5(CSSC[C@@H]6CCCC[C@@]67CCN(C7=O)c6cc(O)cc(c6)CC[C@@]26[C@@H]1CC[C@@]46O)C[C@@H](O)[C@@H](O)C[C@]35C. The van der Waals surface area contributed by atoms with E-state index in [4.69, 9.17) is 4.74 Å². The first-order valence-electron chi connectivity index (χ1n) is 22.8. The van der Waals surface area contributed by atoms with Crippen molar-refractivity contribution in [3.63, 3.8) is 0 Å². The molecule has 0 radical (unpaired) electrons. The zero-order chi connectivity index (χ0) is 41.5. The smallest absolute Gasteiger partial charge is 0.233 e. The van der Waals surface area contributed by atoms with Gasteiger partial charge in [-0.25, -0.2) is 0 Å². The summed E-state index contributed by atoms with van der Waals surface area (Å²) in [5, 5.41) is 61.3. The second-order valence-electron chi connectivity index (χ2n) is 21.4. The molecule has 6 aliphatic carbocycles. The van der Waals surface area contributed by atoms with Crippen molar-refractivity contribution in [2.24, 2.45) is 57.2 Å². The number of ether oxygens (including phenoxy) is 1. The summed E-state index contributed by atoms with van der Waals surface area (Å²) in [6.45, 7) is 9.33. The Balaban J connectivity index is 1.14. The number of carbonyl (C=O) groups excluding carboxylic acids is 2. The number of amides is 1. The van der Waals surface area contributed by atoms with Gasteiger partial charge in [-0.15, -0.1) is 0 Å². The Labute approximate surface area is 357 Å². The third-order valence-electron chi connectivity index (χ3n) is 18.9. The zero-order valence-corrected chi connectivity index (χ0v) is 36.9. The molecule has 1 aromatic rings. The molecule has 3 spiro atoms. The minimum absolute atomic E-state index is 0.0714. The molecule has 4 saturated carbocycles. The molecule has 2 saturated heterocycles. The van der Waals surface area contributed by atoms with Crippen molar-refractivity contribution in [2.45, 2.75) is 147 Å². The van der Waals surface area contributed by atoms with Crippen molar-refractivity contribution in [1.82, 2.24) is 0 Å². The number of aliphatic hydroxyl groups is 4. The Morgan fingerprint density at radius 1 is 0.949 bits per heavy atom. The van der Waals surface area contributed by atoms with Gasteiger partial charge in [0.15, 0.2) is 5.78 Å². The highest BCUT2D eigenvalue weighted by atomic mass is 33.1. The minimum Gasteiger partial charge on any atom is -0.508 e. The van der Waals surface area contributed by atoms with Crippen LogP contribution in [0.4, 0.5) is 5.69 Å². The molecule has 0 aromatic heterocycles. The van der Waals surface area contributed by atoms with Crippen LogP contribution in [-0.2, 0) is 20.7 Å². The van der Waals surface area contributed by atoms with Gasteiger partial charge in [0.1, 0.15) is 17.5 Å². The van der Waals surface area contributed by atoms with Crippen LogP contribution in [0.2, 0.25) is 0 Å². The summed E-state index contributed by atoms with van der Waals surface area (Å²) in [6.07, 6.45) is 11.8. The van der Waals surface area contributed by atoms with Gasteiger partial charge in [0.05, 0.1) is 34.7 Å². The van der Waals surface area contributed by atoms with E-state index >= 15 is 4.79 Å². The average molecular weight is 848 g/mol. The average Bonchev–Trinajstić information content (AvgIpc) is 3.88. The summed E-state index contributed by atoms with van der Waals surface area (Å²) < 4.78 is 6.48. The highest BCUT2D eigenvalue weighted by molar-refractivity contribution is 8.76. The number of hydrogen-bond donors (Lipinski definition) is 5. The van der Waals surface area contributed by atoms with Crippen LogP contribution in [0.25, 0.3) is 0 Å². The number of nitrogens with zero attached hydrogens (tertiary/aromatic N) is 1. The first kappa shape index (κ1) is 41.2. The van der Waals surface area contributed by atoms with Crippen LogP contribution in [0.5, 0.6) is 5.75 Å². The van der Waals surface area contributed by atoms with Crippen molar-refractivity contribution in [1.29, 1.82) is 0 Å². The molecule has 9 nitrogen and oxygen atoms in total. The number of aromatic hydroxyl groups is 1. The number of fused-ring (bicyclic) bond motifs is 1. The molecule has 12 rings (SSSR count). The van der Waals surface area contributed by atoms with E-state index in [9.17, 15) is 30.3 Å². The Kier molecular flexibility index (Phi) is 9.82. The van der Waals surface area contributed by atoms with Crippen LogP contribution < -0.4 is 4.90 Å². The third kappa shape index (κ3) is 5.62. The van der Waals surface area contributed by atoms with Crippen molar-refractivity contribution in [3.8, 4) is 5.75 Å². The van der Waals surface area contributed by atoms with E-state index in [-0.39, 0.29) is 72.1 Å². The fourth-order valence-corrected chi connectivity index (χ4v) is 18.5. The molecule has 5 N–H and O–H groups in total. The van der Waals surface area contributed by atoms with Crippen molar-refractivity contribution >= 4 is 39.0 Å². The van der Waals surface area contributed by atoms with Crippen LogP contribution in [0.1, 0.15) is 110 Å². The highest BCUT2D eigenvalue weighted by Crippen LogP contribution is 2.75. The standard InChI is InChI=1S/C48H65NO8S2/c1-27(2)28(3)40-41(57-40)47(55)13-7-9-30-20-34-35-22-39(53)45(24-37(52)36(51)23-43(34,45)4)26-59-58-25-31-8-5-6-12-44(31)16-17-49(42(44)54)32-18-29(19-33(50)21-32)10-14-46(30)38(47)11-15-48(35,46)56/h7,9,18-19,21-22,27-28,30-31,34,36-38,40-41,50-52,55-56H,5-6,8,10-17,20,23-26H2,1-4H3/t28-,30+,31+,34-,36+,37-,38+,40-,41-,43-,44-,45+,46+,47+,48-/m1/s1. The molecule has 8 bridgehead atoms. The molecule has 5 heterocycles. The van der Waals surface area contributed by atoms with E-state index in [0.717, 1.165) is 54.7 Å². The zero-order valence-electron chi connectivity index (χ0n) is 35.3. The summed E-state index contributed by atoms with van der Waals surface area (Å²) >= 11 is 0. The Bertz CT molecular complexity index is 1970. The molecule has 59 heavy (non-hydrogen) atoms. The Morgan fingerprint density at radius 2 is 1.75 bits per heavy atom. The van der Waals surface area contributed by atoms with Gasteiger partial charge in [-0.3, -0.25) is 9.59 Å². The normalized spacial score (nSPS) is 48.4. The van der Waals surface area contributed by atoms with Crippen LogP contribution in [0.15, 0.2) is 42.0 Å². The van der Waals surface area contributed by atoms with Crippen LogP contribution >= 0.6 is 21.6 Å². The molecule has 1 amide bonds. The second-order valence-corrected chi connectivity index (χ2v) is 23.9. The van der Waals surface area contributed by atoms with Gasteiger partial charge in [-0.2, -0.15) is 0 Å². The molecule has 6 fully saturated rings. The predicted octanol–water partition coefficient (Wildman–Crippen LogP) is 7.16. The number of epoxide rings is 1. The maximum Gasteiger partial charge on any atom is 0.233 e. The molecule has 11 heteroatoms. The van der Waals surface area contributed by atoms with E-state index in [0.29, 0.717) is 56.7 Å². The maximum absolute atomic E-state index is 15.2. The van der Waals surface area contributed by atoms with Crippen LogP contribution in [0.3, 0.4) is 0 Å². The lowest BCUT2D eigenvalue weighted by Crippen LogP contribution is -2.68. The van der Waals surface area contributed by atoms with E-state index in [2.05, 4.69) is 45.9 Å². The summed E-state index contributed by atoms with van der Waals surface area (Å²) in [5.41, 5.74) is -3.36. The van der Waals surface area contributed by atoms with Gasteiger partial charge in [-0.1, -0.05) is 74.3 Å². The van der Waals surface area contributed by atoms with Crippen LogP contribution in [0, 0.1) is 57.2 Å². The van der Waals surface area contributed by atoms with E-state index < -0.39 is 45.1 Å². The minimum atomic E-state index is -1.44. The van der Waals surface area contributed by atoms with Gasteiger partial charge in [0, 0.05) is 41.1 Å². The maximum atomic E-state index is 15.2. The number of aliphatic hydroxyl groups excluding tert-OH is 2. The quantitative estimate of drug-likeness (QED) is 0.120. The number of allylic oxidation sites excluding steroid dienone is 2. The molecular weight excluding hydrogens is 783 g/mol. The largest absolute Gasteiger partial charge is 0.508 e. The molecule has 5 aliphatic heterocycles. The summed E-state index contributed by atoms with van der Waals surface area (Å²) in [5.74, 6) is 1.53. The number of carbonyl (C=O) groups is 2. The lowest BCUT2D eigenvalue weighted by molar-refractivity contribution is -0.194. The van der Waals surface area contributed by atoms with E-state index in [1.165, 1.54) is 0 Å². The first-order chi connectivity index (χ1) is 28.0. The van der Waals surface area contributed by atoms with E-state index in [1.807, 2.05) is 4.90 Å². The van der Waals surface area contributed by atoms with Crippen LogP contribution in [-0.4, -0.2) is 90.9 Å². The molecule has 0 unspecified atom stereocenters. The van der Waals surface area contributed by atoms with Gasteiger partial charge in [0.25, 0.3) is 0 Å². The number of aryl methyl sites for hydroxylation is 1. The highest BCUT2D eigenvalue weighted by Gasteiger charge is 2.77. The molecule has 1 aromatic carbocycles. The Morgan fingerprint density at radius 3 is 2.54 bits per heavy atom. The number of ketones is 1. The van der Waals surface area contributed by atoms with Gasteiger partial charge in [0.2, 0.25) is 5.91 Å². The molecule has 15 atom stereocenters. The van der Waals surface area contributed by atoms with Crippen molar-refractivity contribution < 1.29 is 39.9 Å². The number of benzene rings is 1. The third-order valence-corrected chi connectivity index (χ3v) is 21.4. The number of anilines is 1. The second kappa shape index (κ2) is 14.1. The first-order valence-corrected chi connectivity index (χ1v) is 25.3. The number of rotatable bonds is 3. The predicted molar refractivity (Wildman–Crippen MR) is 231 cm³/mol. The molecule has 322 valence electrons. The van der Waals surface area contributed by atoms with Gasteiger partial charge in [-0.05, 0) is 135 Å². The topological polar surface area (TPSA) is 151 Å². The lowest BCUT2D eigenvalue weighted by atomic mass is 9.39. The van der Waals surface area contributed by atoms with Crippen molar-refractivity contribution in [2.75, 3.05) is 23.0 Å². The van der Waals surface area contributed by atoms with Gasteiger partial charge >= 0.3 is 0 Å². The van der Waals surface area contributed by atoms with E-state index in [1.54, 1.807) is 39.8 Å².